The molecule has 94 valence electrons. The summed E-state index contributed by atoms with van der Waals surface area (Å²) in [6.45, 7) is 6.92. The fraction of sp³-hybridized carbons (Fsp3) is 1.00. The van der Waals surface area contributed by atoms with Crippen LogP contribution in [-0.4, -0.2) is 10.7 Å². The van der Waals surface area contributed by atoms with E-state index in [1.54, 1.807) is 0 Å². The molecule has 0 radical (unpaired) electrons. The Morgan fingerprint density at radius 2 is 1.69 bits per heavy atom. The van der Waals surface area contributed by atoms with Crippen molar-refractivity contribution in [3.63, 3.8) is 0 Å². The molecule has 0 bridgehead atoms. The number of hydrogen-bond donors (Lipinski definition) is 1. The molecule has 2 fully saturated rings. The zero-order valence-electron chi connectivity index (χ0n) is 11.3. The summed E-state index contributed by atoms with van der Waals surface area (Å²) in [6, 6.07) is 0. The molecular weight excluding hydrogens is 196 g/mol. The molecule has 1 N–H and O–H groups in total. The van der Waals surface area contributed by atoms with Gasteiger partial charge in [-0.15, -0.1) is 0 Å². The number of hydrogen-bond acceptors (Lipinski definition) is 1. The fourth-order valence-electron chi connectivity index (χ4n) is 4.14. The zero-order chi connectivity index (χ0) is 11.8. The van der Waals surface area contributed by atoms with Crippen LogP contribution in [0.3, 0.4) is 0 Å². The Balaban J connectivity index is 2.15. The van der Waals surface area contributed by atoms with E-state index < -0.39 is 0 Å². The van der Waals surface area contributed by atoms with E-state index >= 15 is 0 Å². The third kappa shape index (κ3) is 2.03. The largest absolute Gasteiger partial charge is 0.389 e. The molecule has 0 saturated heterocycles. The molecule has 1 heteroatoms. The van der Waals surface area contributed by atoms with Gasteiger partial charge in [0.1, 0.15) is 0 Å². The van der Waals surface area contributed by atoms with Crippen molar-refractivity contribution in [3.8, 4) is 0 Å². The van der Waals surface area contributed by atoms with E-state index in [0.29, 0.717) is 5.92 Å². The van der Waals surface area contributed by atoms with Gasteiger partial charge in [0.25, 0.3) is 0 Å². The van der Waals surface area contributed by atoms with Gasteiger partial charge in [0.15, 0.2) is 0 Å². The summed E-state index contributed by atoms with van der Waals surface area (Å²) < 4.78 is 0. The Bertz CT molecular complexity index is 246. The van der Waals surface area contributed by atoms with E-state index in [1.807, 2.05) is 0 Å². The Labute approximate surface area is 101 Å². The smallest absolute Gasteiger partial charge is 0.0726 e. The van der Waals surface area contributed by atoms with Gasteiger partial charge < -0.3 is 5.11 Å². The van der Waals surface area contributed by atoms with Crippen LogP contribution >= 0.6 is 0 Å². The molecule has 0 aromatic heterocycles. The van der Waals surface area contributed by atoms with Crippen LogP contribution < -0.4 is 0 Å². The monoisotopic (exact) mass is 224 g/mol. The predicted molar refractivity (Wildman–Crippen MR) is 68.3 cm³/mol. The van der Waals surface area contributed by atoms with Gasteiger partial charge >= 0.3 is 0 Å². The standard InChI is InChI=1S/C15H28O/c1-12-7-6-8-13(11-12)15(16)10-5-4-9-14(15,2)3/h12-13,16H,4-11H2,1-3H3. The quantitative estimate of drug-likeness (QED) is 0.709. The van der Waals surface area contributed by atoms with Gasteiger partial charge in [0.05, 0.1) is 5.60 Å². The van der Waals surface area contributed by atoms with Crippen molar-refractivity contribution in [2.45, 2.75) is 77.7 Å². The van der Waals surface area contributed by atoms with Gasteiger partial charge in [0, 0.05) is 0 Å². The maximum atomic E-state index is 11.1. The van der Waals surface area contributed by atoms with Crippen molar-refractivity contribution in [1.29, 1.82) is 0 Å². The highest BCUT2D eigenvalue weighted by molar-refractivity contribution is 5.01. The van der Waals surface area contributed by atoms with Crippen LogP contribution in [0.2, 0.25) is 0 Å². The van der Waals surface area contributed by atoms with Crippen molar-refractivity contribution < 1.29 is 5.11 Å². The molecule has 0 heterocycles. The number of rotatable bonds is 1. The van der Waals surface area contributed by atoms with Gasteiger partial charge in [0.2, 0.25) is 0 Å². The average Bonchev–Trinajstić information content (AvgIpc) is 2.22. The fourth-order valence-corrected chi connectivity index (χ4v) is 4.14. The second-order valence-electron chi connectivity index (χ2n) is 6.98. The van der Waals surface area contributed by atoms with E-state index in [2.05, 4.69) is 20.8 Å². The second-order valence-corrected chi connectivity index (χ2v) is 6.98. The van der Waals surface area contributed by atoms with Crippen molar-refractivity contribution in [1.82, 2.24) is 0 Å². The topological polar surface area (TPSA) is 20.2 Å². The Hall–Kier alpha value is -0.0400. The van der Waals surface area contributed by atoms with Gasteiger partial charge in [-0.1, -0.05) is 46.5 Å². The second kappa shape index (κ2) is 4.33. The molecular formula is C15H28O. The molecule has 2 saturated carbocycles. The minimum absolute atomic E-state index is 0.132. The summed E-state index contributed by atoms with van der Waals surface area (Å²) in [5, 5.41) is 11.1. The third-order valence-electron chi connectivity index (χ3n) is 5.39. The first kappa shape index (κ1) is 12.4. The van der Waals surface area contributed by atoms with E-state index in [9.17, 15) is 5.11 Å². The van der Waals surface area contributed by atoms with Crippen LogP contribution in [0.1, 0.15) is 72.1 Å². The Morgan fingerprint density at radius 1 is 1.00 bits per heavy atom. The number of aliphatic hydroxyl groups is 1. The average molecular weight is 224 g/mol. The first-order chi connectivity index (χ1) is 7.46. The van der Waals surface area contributed by atoms with E-state index in [1.165, 1.54) is 44.9 Å². The summed E-state index contributed by atoms with van der Waals surface area (Å²) in [5.41, 5.74) is -0.243. The molecule has 0 spiro atoms. The van der Waals surface area contributed by atoms with Crippen LogP contribution in [0.15, 0.2) is 0 Å². The van der Waals surface area contributed by atoms with Crippen molar-refractivity contribution >= 4 is 0 Å². The molecule has 3 atom stereocenters. The maximum absolute atomic E-state index is 11.1. The molecule has 2 aliphatic rings. The van der Waals surface area contributed by atoms with Crippen LogP contribution in [0.4, 0.5) is 0 Å². The van der Waals surface area contributed by atoms with Crippen LogP contribution in [0.25, 0.3) is 0 Å². The highest BCUT2D eigenvalue weighted by Gasteiger charge is 2.50. The first-order valence-corrected chi connectivity index (χ1v) is 7.18. The van der Waals surface area contributed by atoms with Gasteiger partial charge in [-0.05, 0) is 42.9 Å². The van der Waals surface area contributed by atoms with Gasteiger partial charge in [-0.25, -0.2) is 0 Å². The van der Waals surface area contributed by atoms with E-state index in [4.69, 9.17) is 0 Å². The zero-order valence-corrected chi connectivity index (χ0v) is 11.3. The highest BCUT2D eigenvalue weighted by atomic mass is 16.3. The first-order valence-electron chi connectivity index (χ1n) is 7.18. The van der Waals surface area contributed by atoms with Gasteiger partial charge in [-0.3, -0.25) is 0 Å². The van der Waals surface area contributed by atoms with Crippen molar-refractivity contribution in [3.05, 3.63) is 0 Å². The Kier molecular flexibility index (Phi) is 3.36. The molecule has 2 rings (SSSR count). The summed E-state index contributed by atoms with van der Waals surface area (Å²) in [7, 11) is 0. The van der Waals surface area contributed by atoms with E-state index in [-0.39, 0.29) is 11.0 Å². The molecule has 0 aromatic rings. The highest BCUT2D eigenvalue weighted by Crippen LogP contribution is 2.52. The lowest BCUT2D eigenvalue weighted by atomic mass is 9.57. The van der Waals surface area contributed by atoms with Crippen molar-refractivity contribution in [2.24, 2.45) is 17.3 Å². The summed E-state index contributed by atoms with van der Waals surface area (Å²) in [4.78, 5) is 0. The van der Waals surface area contributed by atoms with Crippen molar-refractivity contribution in [2.75, 3.05) is 0 Å². The minimum atomic E-state index is -0.375. The van der Waals surface area contributed by atoms with Crippen LogP contribution in [0, 0.1) is 17.3 Å². The molecule has 2 aliphatic carbocycles. The maximum Gasteiger partial charge on any atom is 0.0726 e. The van der Waals surface area contributed by atoms with E-state index in [0.717, 1.165) is 12.3 Å². The summed E-state index contributed by atoms with van der Waals surface area (Å²) >= 11 is 0. The van der Waals surface area contributed by atoms with Crippen LogP contribution in [-0.2, 0) is 0 Å². The lowest BCUT2D eigenvalue weighted by molar-refractivity contribution is -0.149. The van der Waals surface area contributed by atoms with Gasteiger partial charge in [-0.2, -0.15) is 0 Å². The minimum Gasteiger partial charge on any atom is -0.389 e. The SMILES string of the molecule is CC1CCCC(C2(O)CCCCC2(C)C)C1. The molecule has 3 unspecified atom stereocenters. The lowest BCUT2D eigenvalue weighted by Crippen LogP contribution is -2.53. The normalized spacial score (nSPS) is 44.2. The third-order valence-corrected chi connectivity index (χ3v) is 5.39. The lowest BCUT2D eigenvalue weighted by Gasteiger charge is -2.52. The molecule has 1 nitrogen and oxygen atoms in total. The summed E-state index contributed by atoms with van der Waals surface area (Å²) in [5.74, 6) is 1.38. The molecule has 16 heavy (non-hydrogen) atoms. The molecule has 0 amide bonds. The summed E-state index contributed by atoms with van der Waals surface area (Å²) in [6.07, 6.45) is 9.97. The predicted octanol–water partition coefficient (Wildman–Crippen LogP) is 4.14. The molecule has 0 aromatic carbocycles. The Morgan fingerprint density at radius 3 is 2.31 bits per heavy atom. The van der Waals surface area contributed by atoms with Crippen LogP contribution in [0.5, 0.6) is 0 Å². The molecule has 0 aliphatic heterocycles.